The van der Waals surface area contributed by atoms with Crippen LogP contribution >= 0.6 is 23.2 Å². The summed E-state index contributed by atoms with van der Waals surface area (Å²) in [6.45, 7) is 7.04. The van der Waals surface area contributed by atoms with Gasteiger partial charge < -0.3 is 36.2 Å². The van der Waals surface area contributed by atoms with Crippen LogP contribution in [0.1, 0.15) is 44.7 Å². The van der Waals surface area contributed by atoms with Gasteiger partial charge in [0.2, 0.25) is 23.6 Å². The number of alkyl halides is 2. The first-order valence-electron chi connectivity index (χ1n) is 17.1. The molecule has 4 atom stereocenters. The largest absolute Gasteiger partial charge is 0.464 e. The highest BCUT2D eigenvalue weighted by molar-refractivity contribution is 6.18. The third kappa shape index (κ3) is 13.1. The predicted octanol–water partition coefficient (Wildman–Crippen LogP) is 2.30. The molecule has 14 heteroatoms. The molecule has 1 fully saturated rings. The van der Waals surface area contributed by atoms with E-state index in [1.54, 1.807) is 20.8 Å². The van der Waals surface area contributed by atoms with Gasteiger partial charge in [0.05, 0.1) is 19.2 Å². The first-order chi connectivity index (χ1) is 24.1. The number of hydrogen-bond acceptors (Lipinski definition) is 8. The summed E-state index contributed by atoms with van der Waals surface area (Å²) in [5.41, 5.74) is 2.49. The molecule has 1 heterocycles. The first kappa shape index (κ1) is 40.6. The Balaban J connectivity index is 1.75. The second-order valence-electron chi connectivity index (χ2n) is 12.5. The van der Waals surface area contributed by atoms with Crippen molar-refractivity contribution >= 4 is 58.5 Å². The molecule has 4 amide bonds. The van der Waals surface area contributed by atoms with Crippen LogP contribution in [-0.2, 0) is 41.6 Å². The van der Waals surface area contributed by atoms with Gasteiger partial charge in [-0.05, 0) is 55.5 Å². The Kier molecular flexibility index (Phi) is 17.3. The molecule has 2 aromatic carbocycles. The van der Waals surface area contributed by atoms with E-state index in [9.17, 15) is 24.0 Å². The van der Waals surface area contributed by atoms with Crippen molar-refractivity contribution in [3.8, 4) is 0 Å². The Morgan fingerprint density at radius 3 is 2.06 bits per heavy atom. The fourth-order valence-corrected chi connectivity index (χ4v) is 6.05. The zero-order valence-electron chi connectivity index (χ0n) is 29.0. The van der Waals surface area contributed by atoms with E-state index in [-0.39, 0.29) is 43.9 Å². The van der Waals surface area contributed by atoms with Crippen LogP contribution in [0.2, 0.25) is 0 Å². The Morgan fingerprint density at radius 2 is 1.48 bits per heavy atom. The fourth-order valence-electron chi connectivity index (χ4n) is 5.64. The summed E-state index contributed by atoms with van der Waals surface area (Å²) < 4.78 is 5.31. The minimum atomic E-state index is -1.09. The molecule has 0 bridgehead atoms. The van der Waals surface area contributed by atoms with Gasteiger partial charge in [-0.15, -0.1) is 23.2 Å². The molecule has 3 rings (SSSR count). The normalized spacial score (nSPS) is 15.8. The van der Waals surface area contributed by atoms with Crippen LogP contribution in [0, 0.1) is 5.92 Å². The average Bonchev–Trinajstić information content (AvgIpc) is 3.65. The van der Waals surface area contributed by atoms with Crippen molar-refractivity contribution in [1.82, 2.24) is 26.6 Å². The second kappa shape index (κ2) is 21.4. The molecule has 50 heavy (non-hydrogen) atoms. The number of amides is 4. The molecule has 0 unspecified atom stereocenters. The maximum Gasteiger partial charge on any atom is 0.328 e. The molecule has 0 aliphatic carbocycles. The lowest BCUT2D eigenvalue weighted by atomic mass is 10.00. The van der Waals surface area contributed by atoms with Crippen molar-refractivity contribution in [2.24, 2.45) is 5.92 Å². The number of esters is 1. The van der Waals surface area contributed by atoms with Crippen LogP contribution < -0.4 is 31.5 Å². The molecule has 274 valence electrons. The van der Waals surface area contributed by atoms with Crippen LogP contribution in [0.5, 0.6) is 0 Å². The van der Waals surface area contributed by atoms with Gasteiger partial charge in [-0.2, -0.15) is 0 Å². The van der Waals surface area contributed by atoms with Gasteiger partial charge >= 0.3 is 5.97 Å². The highest BCUT2D eigenvalue weighted by Crippen LogP contribution is 2.17. The van der Waals surface area contributed by atoms with Gasteiger partial charge in [-0.3, -0.25) is 19.2 Å². The number of carbonyl (C=O) groups excluding carboxylic acids is 5. The highest BCUT2D eigenvalue weighted by Gasteiger charge is 2.32. The maximum atomic E-state index is 13.9. The van der Waals surface area contributed by atoms with E-state index in [0.717, 1.165) is 29.8 Å². The van der Waals surface area contributed by atoms with E-state index in [1.165, 1.54) is 0 Å². The van der Waals surface area contributed by atoms with E-state index >= 15 is 0 Å². The fraction of sp³-hybridized carbons (Fsp3) is 0.528. The van der Waals surface area contributed by atoms with Crippen molar-refractivity contribution in [3.63, 3.8) is 0 Å². The number of halogens is 2. The van der Waals surface area contributed by atoms with Crippen LogP contribution in [0.25, 0.3) is 0 Å². The Bertz CT molecular complexity index is 1390. The van der Waals surface area contributed by atoms with E-state index in [4.69, 9.17) is 27.9 Å². The smallest absolute Gasteiger partial charge is 0.328 e. The third-order valence-corrected chi connectivity index (χ3v) is 8.66. The Hall–Kier alpha value is -3.87. The number of nitrogens with one attached hydrogen (secondary N) is 5. The van der Waals surface area contributed by atoms with Crippen molar-refractivity contribution < 1.29 is 28.7 Å². The Morgan fingerprint density at radius 1 is 0.860 bits per heavy atom. The van der Waals surface area contributed by atoms with Gasteiger partial charge in [0.1, 0.15) is 18.1 Å². The molecule has 1 aliphatic rings. The van der Waals surface area contributed by atoms with Crippen molar-refractivity contribution in [2.45, 2.75) is 70.6 Å². The number of nitrogens with zero attached hydrogens (tertiary/aromatic N) is 1. The molecular formula is C36H50Cl2N6O6. The van der Waals surface area contributed by atoms with Gasteiger partial charge in [-0.25, -0.2) is 4.79 Å². The summed E-state index contributed by atoms with van der Waals surface area (Å²) in [7, 11) is 0. The number of hydrogen-bond donors (Lipinski definition) is 5. The van der Waals surface area contributed by atoms with E-state index < -0.39 is 41.8 Å². The molecule has 2 aromatic rings. The van der Waals surface area contributed by atoms with E-state index in [0.29, 0.717) is 31.3 Å². The van der Waals surface area contributed by atoms with Gasteiger partial charge in [0.25, 0.3) is 0 Å². The summed E-state index contributed by atoms with van der Waals surface area (Å²) in [6.07, 6.45) is 1.86. The first-order valence-corrected chi connectivity index (χ1v) is 18.2. The number of anilines is 1. The standard InChI is InChI=1S/C36H50Cl2N6O6/c1-4-50-36(49)30(22-26-12-14-27(15-13-26)44(19-16-37)20-17-38)42-34(47)29(21-25-9-6-5-7-10-25)41-35(48)32(24(2)3)43-31(45)23-40-33(46)28-11-8-18-39-28/h5-7,9-10,12-15,24,28-30,32,39H,4,8,11,16-23H2,1-3H3,(H,40,46)(H,41,48)(H,42,47)(H,43,45)/t28-,29-,30-,32+/m0/s1. The molecule has 12 nitrogen and oxygen atoms in total. The SMILES string of the molecule is CCOC(=O)[C@H](Cc1ccc(N(CCCl)CCCl)cc1)NC(=O)[C@H](Cc1ccccc1)NC(=O)[C@H](NC(=O)CNC(=O)[C@@H]1CCCN1)C(C)C. The van der Waals surface area contributed by atoms with E-state index in [1.807, 2.05) is 54.6 Å². The van der Waals surface area contributed by atoms with Crippen LogP contribution in [0.3, 0.4) is 0 Å². The number of rotatable bonds is 20. The van der Waals surface area contributed by atoms with Gasteiger partial charge in [0.15, 0.2) is 0 Å². The minimum absolute atomic E-state index is 0.119. The summed E-state index contributed by atoms with van der Waals surface area (Å²) in [5, 5.41) is 14.0. The summed E-state index contributed by atoms with van der Waals surface area (Å²) >= 11 is 11.9. The molecule has 0 radical (unpaired) electrons. The van der Waals surface area contributed by atoms with Crippen molar-refractivity contribution in [1.29, 1.82) is 0 Å². The molecular weight excluding hydrogens is 683 g/mol. The third-order valence-electron chi connectivity index (χ3n) is 8.32. The number of ether oxygens (including phenoxy) is 1. The molecule has 1 aliphatic heterocycles. The molecule has 5 N–H and O–H groups in total. The molecule has 1 saturated heterocycles. The lowest BCUT2D eigenvalue weighted by molar-refractivity contribution is -0.147. The van der Waals surface area contributed by atoms with Gasteiger partial charge in [0, 0.05) is 43.4 Å². The summed E-state index contributed by atoms with van der Waals surface area (Å²) in [6, 6.07) is 13.3. The van der Waals surface area contributed by atoms with E-state index in [2.05, 4.69) is 31.5 Å². The lowest BCUT2D eigenvalue weighted by Crippen LogP contribution is -2.58. The lowest BCUT2D eigenvalue weighted by Gasteiger charge is -2.27. The van der Waals surface area contributed by atoms with Crippen molar-refractivity contribution in [2.75, 3.05) is 49.4 Å². The zero-order chi connectivity index (χ0) is 36.5. The maximum absolute atomic E-state index is 13.9. The van der Waals surface area contributed by atoms with Crippen LogP contribution in [-0.4, -0.2) is 98.3 Å². The highest BCUT2D eigenvalue weighted by atomic mass is 35.5. The van der Waals surface area contributed by atoms with Crippen molar-refractivity contribution in [3.05, 3.63) is 65.7 Å². The van der Waals surface area contributed by atoms with Crippen LogP contribution in [0.15, 0.2) is 54.6 Å². The molecule has 0 saturated carbocycles. The van der Waals surface area contributed by atoms with Gasteiger partial charge in [-0.1, -0.05) is 56.3 Å². The summed E-state index contributed by atoms with van der Waals surface area (Å²) in [5.74, 6) is -2.03. The summed E-state index contributed by atoms with van der Waals surface area (Å²) in [4.78, 5) is 67.9. The number of benzene rings is 2. The quantitative estimate of drug-likeness (QED) is 0.103. The Labute approximate surface area is 304 Å². The second-order valence-corrected chi connectivity index (χ2v) is 13.2. The zero-order valence-corrected chi connectivity index (χ0v) is 30.5. The molecule has 0 spiro atoms. The monoisotopic (exact) mass is 732 g/mol. The van der Waals surface area contributed by atoms with Crippen LogP contribution in [0.4, 0.5) is 5.69 Å². The predicted molar refractivity (Wildman–Crippen MR) is 195 cm³/mol. The minimum Gasteiger partial charge on any atom is -0.464 e. The molecule has 0 aromatic heterocycles. The number of carbonyl (C=O) groups is 5. The average molecular weight is 734 g/mol. The topological polar surface area (TPSA) is 158 Å².